The van der Waals surface area contributed by atoms with Gasteiger partial charge in [-0.05, 0) is 94.1 Å². The van der Waals surface area contributed by atoms with E-state index in [1.54, 1.807) is 0 Å². The second-order valence-corrected chi connectivity index (χ2v) is 8.75. The molecule has 4 saturated carbocycles. The maximum Gasteiger partial charge on any atom is 0.271 e. The third-order valence-electron chi connectivity index (χ3n) is 6.46. The van der Waals surface area contributed by atoms with Crippen LogP contribution in [0, 0.1) is 30.1 Å². The second-order valence-electron chi connectivity index (χ2n) is 8.75. The van der Waals surface area contributed by atoms with E-state index in [9.17, 15) is 4.79 Å². The van der Waals surface area contributed by atoms with Crippen LogP contribution >= 0.6 is 0 Å². The number of nitrogens with zero attached hydrogens (tertiary/aromatic N) is 1. The van der Waals surface area contributed by atoms with Gasteiger partial charge in [0.2, 0.25) is 0 Å². The summed E-state index contributed by atoms with van der Waals surface area (Å²) in [7, 11) is 0. The van der Waals surface area contributed by atoms with E-state index in [0.717, 1.165) is 35.4 Å². The Bertz CT molecular complexity index is 624. The highest BCUT2D eigenvalue weighted by Gasteiger charge is 2.50. The highest BCUT2D eigenvalue weighted by molar-refractivity contribution is 5.95. The number of hydrazone groups is 1. The van der Waals surface area contributed by atoms with Crippen LogP contribution in [0.15, 0.2) is 29.4 Å². The van der Waals surface area contributed by atoms with Crippen LogP contribution in [0.1, 0.15) is 67.8 Å². The molecular weight excluding hydrogens is 296 g/mol. The molecule has 0 aromatic heterocycles. The summed E-state index contributed by atoms with van der Waals surface area (Å²) in [6.45, 7) is 4.10. The molecule has 0 unspecified atom stereocenters. The number of amides is 1. The predicted molar refractivity (Wildman–Crippen MR) is 97.0 cm³/mol. The van der Waals surface area contributed by atoms with Crippen LogP contribution in [0.2, 0.25) is 0 Å². The maximum absolute atomic E-state index is 12.2. The first-order valence-corrected chi connectivity index (χ1v) is 9.41. The van der Waals surface area contributed by atoms with E-state index < -0.39 is 0 Å². The third kappa shape index (κ3) is 3.13. The number of hydrogen-bond donors (Lipinski definition) is 1. The van der Waals surface area contributed by atoms with Crippen LogP contribution in [-0.4, -0.2) is 11.6 Å². The topological polar surface area (TPSA) is 41.5 Å². The fourth-order valence-corrected chi connectivity index (χ4v) is 6.00. The van der Waals surface area contributed by atoms with E-state index in [4.69, 9.17) is 0 Å². The predicted octanol–water partition coefficient (Wildman–Crippen LogP) is 4.71. The van der Waals surface area contributed by atoms with Crippen LogP contribution in [-0.2, 0) is 0 Å². The molecule has 4 aliphatic carbocycles. The van der Waals surface area contributed by atoms with Gasteiger partial charge in [-0.25, -0.2) is 5.43 Å². The van der Waals surface area contributed by atoms with Gasteiger partial charge in [-0.3, -0.25) is 4.79 Å². The number of benzene rings is 1. The Labute approximate surface area is 144 Å². The van der Waals surface area contributed by atoms with Crippen molar-refractivity contribution in [3.05, 3.63) is 35.4 Å². The Morgan fingerprint density at radius 2 is 1.62 bits per heavy atom. The standard InChI is InChI=1S/C21H28N2O/c1-14-3-5-19(6-4-14)20(24)23-22-15(2)10-21-11-16-7-17(12-21)9-18(8-16)13-21/h3-6,16-18H,7-13H2,1-2H3,(H,23,24)/b22-15-. The van der Waals surface area contributed by atoms with Crippen LogP contribution in [0.5, 0.6) is 0 Å². The van der Waals surface area contributed by atoms with Crippen molar-refractivity contribution in [2.45, 2.75) is 58.8 Å². The normalized spacial score (nSPS) is 34.4. The van der Waals surface area contributed by atoms with Gasteiger partial charge < -0.3 is 0 Å². The SMILES string of the molecule is C/C(CC12CC3CC(CC(C3)C1)C2)=N/NC(=O)c1ccc(C)cc1. The van der Waals surface area contributed by atoms with Gasteiger partial charge in [0, 0.05) is 11.3 Å². The van der Waals surface area contributed by atoms with Crippen molar-refractivity contribution in [1.29, 1.82) is 0 Å². The zero-order valence-corrected chi connectivity index (χ0v) is 14.8. The molecule has 3 nitrogen and oxygen atoms in total. The minimum Gasteiger partial charge on any atom is -0.267 e. The fourth-order valence-electron chi connectivity index (χ4n) is 6.00. The molecule has 4 bridgehead atoms. The largest absolute Gasteiger partial charge is 0.271 e. The van der Waals surface area contributed by atoms with E-state index in [-0.39, 0.29) is 5.91 Å². The molecule has 1 aromatic carbocycles. The van der Waals surface area contributed by atoms with Gasteiger partial charge in [0.1, 0.15) is 0 Å². The summed E-state index contributed by atoms with van der Waals surface area (Å²) in [5, 5.41) is 4.42. The van der Waals surface area contributed by atoms with Gasteiger partial charge in [-0.2, -0.15) is 5.10 Å². The summed E-state index contributed by atoms with van der Waals surface area (Å²) in [4.78, 5) is 12.2. The molecule has 0 saturated heterocycles. The van der Waals surface area contributed by atoms with E-state index in [1.165, 1.54) is 38.5 Å². The van der Waals surface area contributed by atoms with Crippen molar-refractivity contribution < 1.29 is 4.79 Å². The Morgan fingerprint density at radius 3 is 2.17 bits per heavy atom. The summed E-state index contributed by atoms with van der Waals surface area (Å²) in [6, 6.07) is 7.63. The molecule has 5 rings (SSSR count). The minimum atomic E-state index is -0.111. The molecule has 128 valence electrons. The maximum atomic E-state index is 12.2. The van der Waals surface area contributed by atoms with Gasteiger partial charge >= 0.3 is 0 Å². The molecule has 0 atom stereocenters. The van der Waals surface area contributed by atoms with Gasteiger partial charge in [-0.1, -0.05) is 17.7 Å². The fraction of sp³-hybridized carbons (Fsp3) is 0.619. The lowest BCUT2D eigenvalue weighted by Gasteiger charge is -2.57. The van der Waals surface area contributed by atoms with E-state index in [2.05, 4.69) is 17.5 Å². The van der Waals surface area contributed by atoms with Crippen molar-refractivity contribution in [3.8, 4) is 0 Å². The lowest BCUT2D eigenvalue weighted by Crippen LogP contribution is -2.46. The highest BCUT2D eigenvalue weighted by atomic mass is 16.2. The van der Waals surface area contributed by atoms with Crippen molar-refractivity contribution >= 4 is 11.6 Å². The zero-order chi connectivity index (χ0) is 16.7. The summed E-state index contributed by atoms with van der Waals surface area (Å²) >= 11 is 0. The van der Waals surface area contributed by atoms with E-state index in [1.807, 2.05) is 31.2 Å². The van der Waals surface area contributed by atoms with Crippen LogP contribution in [0.4, 0.5) is 0 Å². The van der Waals surface area contributed by atoms with Gasteiger partial charge in [0.05, 0.1) is 0 Å². The van der Waals surface area contributed by atoms with Crippen molar-refractivity contribution in [2.75, 3.05) is 0 Å². The minimum absolute atomic E-state index is 0.111. The molecule has 0 heterocycles. The first-order valence-electron chi connectivity index (χ1n) is 9.41. The molecule has 0 radical (unpaired) electrons. The Kier molecular flexibility index (Phi) is 3.98. The average Bonchev–Trinajstić information content (AvgIpc) is 2.51. The molecule has 4 aliphatic rings. The van der Waals surface area contributed by atoms with Gasteiger partial charge in [0.15, 0.2) is 0 Å². The molecule has 24 heavy (non-hydrogen) atoms. The second kappa shape index (κ2) is 6.02. The highest BCUT2D eigenvalue weighted by Crippen LogP contribution is 2.61. The Hall–Kier alpha value is -1.64. The van der Waals surface area contributed by atoms with Crippen LogP contribution in [0.25, 0.3) is 0 Å². The number of rotatable bonds is 4. The summed E-state index contributed by atoms with van der Waals surface area (Å²) < 4.78 is 0. The number of carbonyl (C=O) groups excluding carboxylic acids is 1. The van der Waals surface area contributed by atoms with Crippen molar-refractivity contribution in [1.82, 2.24) is 5.43 Å². The van der Waals surface area contributed by atoms with Crippen LogP contribution in [0.3, 0.4) is 0 Å². The summed E-state index contributed by atoms with van der Waals surface area (Å²) in [5.74, 6) is 2.78. The zero-order valence-electron chi connectivity index (χ0n) is 14.8. The summed E-state index contributed by atoms with van der Waals surface area (Å²) in [5.41, 5.74) is 6.15. The van der Waals surface area contributed by atoms with Crippen molar-refractivity contribution in [3.63, 3.8) is 0 Å². The molecule has 4 fully saturated rings. The molecule has 0 aliphatic heterocycles. The Balaban J connectivity index is 1.39. The first-order chi connectivity index (χ1) is 11.5. The molecule has 1 amide bonds. The number of hydrogen-bond acceptors (Lipinski definition) is 2. The number of nitrogens with one attached hydrogen (secondary N) is 1. The van der Waals surface area contributed by atoms with Crippen LogP contribution < -0.4 is 5.43 Å². The first kappa shape index (κ1) is 15.9. The van der Waals surface area contributed by atoms with Crippen molar-refractivity contribution in [2.24, 2.45) is 28.3 Å². The number of aryl methyl sites for hydroxylation is 1. The molecule has 1 aromatic rings. The number of carbonyl (C=O) groups is 1. The van der Waals surface area contributed by atoms with E-state index >= 15 is 0 Å². The molecular formula is C21H28N2O. The smallest absolute Gasteiger partial charge is 0.267 e. The Morgan fingerprint density at radius 1 is 1.08 bits per heavy atom. The lowest BCUT2D eigenvalue weighted by atomic mass is 9.48. The molecule has 0 spiro atoms. The quantitative estimate of drug-likeness (QED) is 0.632. The average molecular weight is 324 g/mol. The molecule has 1 N–H and O–H groups in total. The monoisotopic (exact) mass is 324 g/mol. The van der Waals surface area contributed by atoms with E-state index in [0.29, 0.717) is 11.0 Å². The lowest BCUT2D eigenvalue weighted by molar-refractivity contribution is -0.0482. The summed E-state index contributed by atoms with van der Waals surface area (Å²) in [6.07, 6.45) is 9.64. The third-order valence-corrected chi connectivity index (χ3v) is 6.46. The van der Waals surface area contributed by atoms with Gasteiger partial charge in [0.25, 0.3) is 5.91 Å². The molecule has 3 heteroatoms. The van der Waals surface area contributed by atoms with Gasteiger partial charge in [-0.15, -0.1) is 0 Å².